The molecule has 0 unspecified atom stereocenters. The lowest BCUT2D eigenvalue weighted by atomic mass is 9.95. The third-order valence-electron chi connectivity index (χ3n) is 6.26. The molecule has 0 saturated carbocycles. The summed E-state index contributed by atoms with van der Waals surface area (Å²) >= 11 is 0. The van der Waals surface area contributed by atoms with Crippen molar-refractivity contribution in [3.8, 4) is 17.2 Å². The zero-order chi connectivity index (χ0) is 30.8. The van der Waals surface area contributed by atoms with Crippen molar-refractivity contribution in [3.05, 3.63) is 101 Å². The zero-order valence-corrected chi connectivity index (χ0v) is 23.8. The standard InChI is InChI=1S/C31H31FN4O7/c1-4-41-30(38)28-19(2)34-31(39)35-29(28)21-11-14-25(26(15-21)40-3)43-18-27(37)36-33-16-22-7-5-6-8-24(22)42-17-20-9-12-23(32)13-10-20/h5-16,29H,4,17-18H2,1-3H3,(H,36,37)(H2,34,35,39)/b33-16-/t29-/m0/s1. The molecule has 1 aliphatic rings. The Balaban J connectivity index is 1.37. The summed E-state index contributed by atoms with van der Waals surface area (Å²) in [5.41, 5.74) is 5.02. The third kappa shape index (κ3) is 8.09. The van der Waals surface area contributed by atoms with Gasteiger partial charge in [-0.1, -0.05) is 30.3 Å². The predicted octanol–water partition coefficient (Wildman–Crippen LogP) is 4.13. The number of benzene rings is 3. The van der Waals surface area contributed by atoms with Crippen LogP contribution in [0.4, 0.5) is 9.18 Å². The molecule has 3 N–H and O–H groups in total. The average molecular weight is 591 g/mol. The normalized spacial score (nSPS) is 14.5. The Kier molecular flexibility index (Phi) is 10.3. The maximum atomic E-state index is 13.1. The number of nitrogens with zero attached hydrogens (tertiary/aromatic N) is 1. The number of amides is 3. The number of para-hydroxylation sites is 1. The Hall–Kier alpha value is -5.39. The number of hydrogen-bond acceptors (Lipinski definition) is 8. The minimum absolute atomic E-state index is 0.177. The van der Waals surface area contributed by atoms with E-state index >= 15 is 0 Å². The number of methoxy groups -OCH3 is 1. The van der Waals surface area contributed by atoms with Gasteiger partial charge in [-0.3, -0.25) is 4.79 Å². The van der Waals surface area contributed by atoms with E-state index < -0.39 is 23.9 Å². The molecule has 0 aliphatic carbocycles. The number of allylic oxidation sites excluding steroid dienone is 1. The van der Waals surface area contributed by atoms with Crippen LogP contribution in [0.2, 0.25) is 0 Å². The fourth-order valence-electron chi connectivity index (χ4n) is 4.22. The lowest BCUT2D eigenvalue weighted by Crippen LogP contribution is -2.45. The number of halogens is 1. The summed E-state index contributed by atoms with van der Waals surface area (Å²) in [5, 5.41) is 9.30. The minimum Gasteiger partial charge on any atom is -0.493 e. The number of hydrogen-bond donors (Lipinski definition) is 3. The molecule has 224 valence electrons. The van der Waals surface area contributed by atoms with E-state index in [2.05, 4.69) is 21.2 Å². The van der Waals surface area contributed by atoms with E-state index in [9.17, 15) is 18.8 Å². The van der Waals surface area contributed by atoms with Crippen molar-refractivity contribution in [2.24, 2.45) is 5.10 Å². The summed E-state index contributed by atoms with van der Waals surface area (Å²) in [7, 11) is 1.43. The summed E-state index contributed by atoms with van der Waals surface area (Å²) in [6.45, 7) is 3.35. The Labute approximate surface area is 247 Å². The molecule has 0 bridgehead atoms. The second kappa shape index (κ2) is 14.5. The molecule has 43 heavy (non-hydrogen) atoms. The number of carbonyl (C=O) groups excluding carboxylic acids is 3. The van der Waals surface area contributed by atoms with E-state index in [1.807, 2.05) is 0 Å². The Bertz CT molecular complexity index is 1540. The highest BCUT2D eigenvalue weighted by Crippen LogP contribution is 2.34. The molecule has 0 spiro atoms. The van der Waals surface area contributed by atoms with E-state index in [0.717, 1.165) is 5.56 Å². The van der Waals surface area contributed by atoms with E-state index in [1.165, 1.54) is 25.5 Å². The number of ether oxygens (including phenoxy) is 4. The monoisotopic (exact) mass is 590 g/mol. The molecular formula is C31H31FN4O7. The Morgan fingerprint density at radius 2 is 1.79 bits per heavy atom. The molecular weight excluding hydrogens is 559 g/mol. The molecule has 1 aliphatic heterocycles. The maximum absolute atomic E-state index is 13.1. The number of hydrazone groups is 1. The van der Waals surface area contributed by atoms with Crippen LogP contribution in [0, 0.1) is 5.82 Å². The smallest absolute Gasteiger partial charge is 0.338 e. The van der Waals surface area contributed by atoms with Crippen LogP contribution in [0.5, 0.6) is 17.2 Å². The van der Waals surface area contributed by atoms with Crippen molar-refractivity contribution < 1.29 is 37.7 Å². The van der Waals surface area contributed by atoms with Gasteiger partial charge in [-0.05, 0) is 61.4 Å². The molecule has 3 amide bonds. The van der Waals surface area contributed by atoms with Gasteiger partial charge in [0.15, 0.2) is 18.1 Å². The molecule has 0 fully saturated rings. The molecule has 3 aromatic rings. The molecule has 12 heteroatoms. The first kappa shape index (κ1) is 30.6. The third-order valence-corrected chi connectivity index (χ3v) is 6.26. The first-order valence-corrected chi connectivity index (χ1v) is 13.3. The summed E-state index contributed by atoms with van der Waals surface area (Å²) in [6, 6.07) is 16.7. The molecule has 0 aromatic heterocycles. The van der Waals surface area contributed by atoms with Gasteiger partial charge in [-0.15, -0.1) is 0 Å². The van der Waals surface area contributed by atoms with Gasteiger partial charge in [0.2, 0.25) is 0 Å². The summed E-state index contributed by atoms with van der Waals surface area (Å²) in [5.74, 6) is -0.321. The maximum Gasteiger partial charge on any atom is 0.338 e. The van der Waals surface area contributed by atoms with Crippen LogP contribution in [0.25, 0.3) is 0 Å². The van der Waals surface area contributed by atoms with Crippen molar-refractivity contribution in [1.82, 2.24) is 16.1 Å². The number of nitrogens with one attached hydrogen (secondary N) is 3. The first-order chi connectivity index (χ1) is 20.8. The van der Waals surface area contributed by atoms with E-state index in [1.54, 1.807) is 68.4 Å². The van der Waals surface area contributed by atoms with Gasteiger partial charge in [0.1, 0.15) is 18.2 Å². The molecule has 3 aromatic carbocycles. The molecule has 1 atom stereocenters. The van der Waals surface area contributed by atoms with Crippen LogP contribution >= 0.6 is 0 Å². The number of rotatable bonds is 12. The number of esters is 1. The summed E-state index contributed by atoms with van der Waals surface area (Å²) in [6.07, 6.45) is 1.44. The fraction of sp³-hybridized carbons (Fsp3) is 0.226. The molecule has 1 heterocycles. The van der Waals surface area contributed by atoms with Gasteiger partial charge in [0.25, 0.3) is 5.91 Å². The number of urea groups is 1. The van der Waals surface area contributed by atoms with E-state index in [-0.39, 0.29) is 42.7 Å². The average Bonchev–Trinajstić information content (AvgIpc) is 3.00. The van der Waals surface area contributed by atoms with Crippen molar-refractivity contribution in [1.29, 1.82) is 0 Å². The Morgan fingerprint density at radius 3 is 2.53 bits per heavy atom. The lowest BCUT2D eigenvalue weighted by Gasteiger charge is -2.28. The van der Waals surface area contributed by atoms with Gasteiger partial charge in [-0.2, -0.15) is 5.10 Å². The van der Waals surface area contributed by atoms with Crippen molar-refractivity contribution in [2.75, 3.05) is 20.3 Å². The highest BCUT2D eigenvalue weighted by atomic mass is 19.1. The van der Waals surface area contributed by atoms with Gasteiger partial charge in [-0.25, -0.2) is 19.4 Å². The van der Waals surface area contributed by atoms with Crippen LogP contribution in [-0.2, 0) is 20.9 Å². The van der Waals surface area contributed by atoms with Crippen LogP contribution in [0.3, 0.4) is 0 Å². The molecule has 11 nitrogen and oxygen atoms in total. The molecule has 0 saturated heterocycles. The second-order valence-corrected chi connectivity index (χ2v) is 9.24. The fourth-order valence-corrected chi connectivity index (χ4v) is 4.22. The zero-order valence-electron chi connectivity index (χ0n) is 23.8. The van der Waals surface area contributed by atoms with E-state index in [4.69, 9.17) is 18.9 Å². The predicted molar refractivity (Wildman–Crippen MR) is 155 cm³/mol. The van der Waals surface area contributed by atoms with Crippen molar-refractivity contribution in [2.45, 2.75) is 26.5 Å². The van der Waals surface area contributed by atoms with Crippen LogP contribution in [0.1, 0.15) is 36.6 Å². The van der Waals surface area contributed by atoms with Gasteiger partial charge >= 0.3 is 12.0 Å². The highest BCUT2D eigenvalue weighted by Gasteiger charge is 2.32. The minimum atomic E-state index is -0.782. The number of carbonyl (C=O) groups is 3. The van der Waals surface area contributed by atoms with Crippen LogP contribution in [-0.4, -0.2) is 44.4 Å². The topological polar surface area (TPSA) is 137 Å². The quantitative estimate of drug-likeness (QED) is 0.164. The van der Waals surface area contributed by atoms with E-state index in [0.29, 0.717) is 22.6 Å². The first-order valence-electron chi connectivity index (χ1n) is 13.3. The van der Waals surface area contributed by atoms with Gasteiger partial charge in [0, 0.05) is 11.3 Å². The SMILES string of the molecule is CCOC(=O)C1=C(C)NC(=O)N[C@H]1c1ccc(OCC(=O)N/N=C\c2ccccc2OCc2ccc(F)cc2)c(OC)c1. The highest BCUT2D eigenvalue weighted by molar-refractivity contribution is 5.95. The molecule has 4 rings (SSSR count). The van der Waals surface area contributed by atoms with Gasteiger partial charge in [0.05, 0.1) is 31.5 Å². The van der Waals surface area contributed by atoms with Crippen molar-refractivity contribution in [3.63, 3.8) is 0 Å². The summed E-state index contributed by atoms with van der Waals surface area (Å²) in [4.78, 5) is 37.2. The lowest BCUT2D eigenvalue weighted by molar-refractivity contribution is -0.139. The van der Waals surface area contributed by atoms with Crippen LogP contribution in [0.15, 0.2) is 83.1 Å². The second-order valence-electron chi connectivity index (χ2n) is 9.24. The van der Waals surface area contributed by atoms with Crippen molar-refractivity contribution >= 4 is 24.1 Å². The molecule has 0 radical (unpaired) electrons. The Morgan fingerprint density at radius 1 is 1.02 bits per heavy atom. The van der Waals surface area contributed by atoms with Crippen LogP contribution < -0.4 is 30.3 Å². The largest absolute Gasteiger partial charge is 0.493 e. The summed E-state index contributed by atoms with van der Waals surface area (Å²) < 4.78 is 35.2. The van der Waals surface area contributed by atoms with Gasteiger partial charge < -0.3 is 29.6 Å².